The lowest BCUT2D eigenvalue weighted by Crippen LogP contribution is -2.38. The zero-order valence-corrected chi connectivity index (χ0v) is 13.4. The first kappa shape index (κ1) is 15.7. The van der Waals surface area contributed by atoms with E-state index in [0.717, 1.165) is 56.5 Å². The summed E-state index contributed by atoms with van der Waals surface area (Å²) in [6.07, 6.45) is 3.82. The van der Waals surface area contributed by atoms with Crippen molar-refractivity contribution in [1.82, 2.24) is 14.5 Å². The Labute approximate surface area is 136 Å². The second kappa shape index (κ2) is 7.39. The van der Waals surface area contributed by atoms with Crippen molar-refractivity contribution >= 4 is 11.6 Å². The molecule has 1 aromatic heterocycles. The molecule has 0 atom stereocenters. The summed E-state index contributed by atoms with van der Waals surface area (Å²) >= 11 is 0. The maximum absolute atomic E-state index is 11.2. The molecule has 0 aliphatic carbocycles. The summed E-state index contributed by atoms with van der Waals surface area (Å²) in [4.78, 5) is 18.1. The average Bonchev–Trinajstić information content (AvgIpc) is 3.02. The highest BCUT2D eigenvalue weighted by Gasteiger charge is 2.12. The minimum atomic E-state index is -0.0715. The molecule has 1 aliphatic rings. The first-order valence-corrected chi connectivity index (χ1v) is 7.91. The maximum atomic E-state index is 11.2. The topological polar surface area (TPSA) is 59.4 Å². The molecule has 1 aliphatic heterocycles. The fourth-order valence-corrected chi connectivity index (χ4v) is 2.76. The molecule has 6 heteroatoms. The van der Waals surface area contributed by atoms with E-state index in [-0.39, 0.29) is 5.91 Å². The minimum absolute atomic E-state index is 0.0715. The summed E-state index contributed by atoms with van der Waals surface area (Å²) in [6.45, 7) is 6.99. The van der Waals surface area contributed by atoms with Crippen molar-refractivity contribution in [2.75, 3.05) is 38.2 Å². The zero-order valence-electron chi connectivity index (χ0n) is 13.4. The van der Waals surface area contributed by atoms with Crippen molar-refractivity contribution in [3.63, 3.8) is 0 Å². The summed E-state index contributed by atoms with van der Waals surface area (Å²) in [5, 5.41) is 2.81. The van der Waals surface area contributed by atoms with Crippen LogP contribution in [0.4, 0.5) is 5.69 Å². The van der Waals surface area contributed by atoms with Crippen LogP contribution in [0.2, 0.25) is 0 Å². The van der Waals surface area contributed by atoms with Gasteiger partial charge >= 0.3 is 0 Å². The fourth-order valence-electron chi connectivity index (χ4n) is 2.76. The molecule has 2 heterocycles. The highest BCUT2D eigenvalue weighted by Crippen LogP contribution is 2.21. The zero-order chi connectivity index (χ0) is 16.1. The number of imidazole rings is 1. The lowest BCUT2D eigenvalue weighted by atomic mass is 10.2. The molecule has 122 valence electrons. The van der Waals surface area contributed by atoms with Gasteiger partial charge in [-0.05, 0) is 12.1 Å². The summed E-state index contributed by atoms with van der Waals surface area (Å²) in [5.74, 6) is 0.850. The molecule has 0 bridgehead atoms. The van der Waals surface area contributed by atoms with Gasteiger partial charge in [0.05, 0.1) is 13.2 Å². The molecule has 0 unspecified atom stereocenters. The summed E-state index contributed by atoms with van der Waals surface area (Å²) in [6, 6.07) is 7.78. The third-order valence-electron chi connectivity index (χ3n) is 3.92. The highest BCUT2D eigenvalue weighted by atomic mass is 16.5. The standard InChI is InChI=1S/C17H22N4O2/c1-14(22)19-16-4-2-3-15(13-16)17-18-5-6-21(17)8-7-20-9-11-23-12-10-20/h2-6,13H,7-12H2,1H3,(H,19,22). The summed E-state index contributed by atoms with van der Waals surface area (Å²) < 4.78 is 7.53. The van der Waals surface area contributed by atoms with Gasteiger partial charge in [0.2, 0.25) is 5.91 Å². The molecule has 23 heavy (non-hydrogen) atoms. The van der Waals surface area contributed by atoms with E-state index in [1.165, 1.54) is 6.92 Å². The number of morpholine rings is 1. The molecule has 3 rings (SSSR count). The number of hydrogen-bond donors (Lipinski definition) is 1. The van der Waals surface area contributed by atoms with Crippen LogP contribution in [-0.2, 0) is 16.1 Å². The normalized spacial score (nSPS) is 15.5. The van der Waals surface area contributed by atoms with Gasteiger partial charge in [0.1, 0.15) is 5.82 Å². The van der Waals surface area contributed by atoms with E-state index < -0.39 is 0 Å². The van der Waals surface area contributed by atoms with E-state index in [0.29, 0.717) is 0 Å². The van der Waals surface area contributed by atoms with E-state index in [2.05, 4.69) is 19.8 Å². The molecule has 1 N–H and O–H groups in total. The van der Waals surface area contributed by atoms with Crippen LogP contribution in [0.3, 0.4) is 0 Å². The van der Waals surface area contributed by atoms with Gasteiger partial charge in [-0.15, -0.1) is 0 Å². The van der Waals surface area contributed by atoms with Crippen molar-refractivity contribution in [3.05, 3.63) is 36.7 Å². The van der Waals surface area contributed by atoms with Gasteiger partial charge in [-0.1, -0.05) is 12.1 Å². The van der Waals surface area contributed by atoms with Crippen LogP contribution in [0.25, 0.3) is 11.4 Å². The molecule has 0 radical (unpaired) electrons. The number of ether oxygens (including phenoxy) is 1. The van der Waals surface area contributed by atoms with E-state index in [1.54, 1.807) is 0 Å². The van der Waals surface area contributed by atoms with E-state index in [9.17, 15) is 4.79 Å². The second-order valence-corrected chi connectivity index (χ2v) is 5.66. The molecule has 6 nitrogen and oxygen atoms in total. The molecular formula is C17H22N4O2. The van der Waals surface area contributed by atoms with Gasteiger partial charge in [-0.25, -0.2) is 4.98 Å². The van der Waals surface area contributed by atoms with Crippen LogP contribution >= 0.6 is 0 Å². The molecule has 1 aromatic carbocycles. The number of amides is 1. The fraction of sp³-hybridized carbons (Fsp3) is 0.412. The van der Waals surface area contributed by atoms with Crippen LogP contribution in [0.1, 0.15) is 6.92 Å². The van der Waals surface area contributed by atoms with E-state index in [1.807, 2.05) is 36.7 Å². The molecule has 1 amide bonds. The third kappa shape index (κ3) is 4.18. The Morgan fingerprint density at radius 3 is 2.91 bits per heavy atom. The van der Waals surface area contributed by atoms with Crippen molar-refractivity contribution in [1.29, 1.82) is 0 Å². The number of carbonyl (C=O) groups is 1. The van der Waals surface area contributed by atoms with Crippen molar-refractivity contribution in [2.24, 2.45) is 0 Å². The molecule has 1 saturated heterocycles. The summed E-state index contributed by atoms with van der Waals surface area (Å²) in [5.41, 5.74) is 1.79. The van der Waals surface area contributed by atoms with Gasteiger partial charge in [-0.2, -0.15) is 0 Å². The van der Waals surface area contributed by atoms with Gasteiger partial charge < -0.3 is 14.6 Å². The molecule has 0 spiro atoms. The Morgan fingerprint density at radius 2 is 2.13 bits per heavy atom. The molecule has 0 saturated carbocycles. The quantitative estimate of drug-likeness (QED) is 0.915. The van der Waals surface area contributed by atoms with Crippen molar-refractivity contribution in [3.8, 4) is 11.4 Å². The van der Waals surface area contributed by atoms with Crippen molar-refractivity contribution < 1.29 is 9.53 Å². The van der Waals surface area contributed by atoms with Crippen molar-refractivity contribution in [2.45, 2.75) is 13.5 Å². The minimum Gasteiger partial charge on any atom is -0.379 e. The number of rotatable bonds is 5. The van der Waals surface area contributed by atoms with Crippen LogP contribution in [-0.4, -0.2) is 53.2 Å². The van der Waals surface area contributed by atoms with E-state index >= 15 is 0 Å². The molecule has 1 fully saturated rings. The highest BCUT2D eigenvalue weighted by molar-refractivity contribution is 5.89. The van der Waals surface area contributed by atoms with Gasteiger partial charge in [-0.3, -0.25) is 9.69 Å². The van der Waals surface area contributed by atoms with Gasteiger partial charge in [0, 0.05) is 56.7 Å². The molecule has 2 aromatic rings. The number of hydrogen-bond acceptors (Lipinski definition) is 4. The van der Waals surface area contributed by atoms with Gasteiger partial charge in [0.15, 0.2) is 0 Å². The lowest BCUT2D eigenvalue weighted by Gasteiger charge is -2.26. The number of anilines is 1. The maximum Gasteiger partial charge on any atom is 0.221 e. The van der Waals surface area contributed by atoms with Crippen LogP contribution in [0.15, 0.2) is 36.7 Å². The Balaban J connectivity index is 1.71. The SMILES string of the molecule is CC(=O)Nc1cccc(-c2nccn2CCN2CCOCC2)c1. The Morgan fingerprint density at radius 1 is 1.30 bits per heavy atom. The Bertz CT molecular complexity index is 662. The number of nitrogens with one attached hydrogen (secondary N) is 1. The number of nitrogens with zero attached hydrogens (tertiary/aromatic N) is 3. The van der Waals surface area contributed by atoms with Crippen LogP contribution in [0.5, 0.6) is 0 Å². The van der Waals surface area contributed by atoms with Crippen LogP contribution < -0.4 is 5.32 Å². The largest absolute Gasteiger partial charge is 0.379 e. The smallest absolute Gasteiger partial charge is 0.221 e. The van der Waals surface area contributed by atoms with Gasteiger partial charge in [0.25, 0.3) is 0 Å². The predicted octanol–water partition coefficient (Wildman–Crippen LogP) is 1.84. The van der Waals surface area contributed by atoms with E-state index in [4.69, 9.17) is 4.74 Å². The predicted molar refractivity (Wildman–Crippen MR) is 89.2 cm³/mol. The Kier molecular flexibility index (Phi) is 5.05. The second-order valence-electron chi connectivity index (χ2n) is 5.66. The summed E-state index contributed by atoms with van der Waals surface area (Å²) in [7, 11) is 0. The third-order valence-corrected chi connectivity index (χ3v) is 3.92. The van der Waals surface area contributed by atoms with Crippen LogP contribution in [0, 0.1) is 0 Å². The number of aromatic nitrogens is 2. The lowest BCUT2D eigenvalue weighted by molar-refractivity contribution is -0.114. The monoisotopic (exact) mass is 314 g/mol. The first-order valence-electron chi connectivity index (χ1n) is 7.91. The number of carbonyl (C=O) groups excluding carboxylic acids is 1. The number of benzene rings is 1. The molecular weight excluding hydrogens is 292 g/mol. The Hall–Kier alpha value is -2.18. The first-order chi connectivity index (χ1) is 11.2. The average molecular weight is 314 g/mol.